The van der Waals surface area contributed by atoms with Crippen LogP contribution in [0.4, 0.5) is 4.79 Å². The highest BCUT2D eigenvalue weighted by molar-refractivity contribution is 5.82. The SMILES string of the molecule is CC(C)CC(NC(=O)NCC1CCCCO1)C(=O)O. The minimum atomic E-state index is -1.00. The van der Waals surface area contributed by atoms with Gasteiger partial charge in [0.1, 0.15) is 6.04 Å². The van der Waals surface area contributed by atoms with E-state index in [0.29, 0.717) is 13.0 Å². The molecule has 2 atom stereocenters. The molecule has 0 aliphatic carbocycles. The maximum atomic E-state index is 11.6. The van der Waals surface area contributed by atoms with E-state index in [4.69, 9.17) is 9.84 Å². The van der Waals surface area contributed by atoms with Gasteiger partial charge in [-0.3, -0.25) is 0 Å². The molecule has 1 saturated heterocycles. The number of rotatable bonds is 6. The van der Waals surface area contributed by atoms with Crippen LogP contribution < -0.4 is 10.6 Å². The highest BCUT2D eigenvalue weighted by Crippen LogP contribution is 2.11. The number of carbonyl (C=O) groups excluding carboxylic acids is 1. The van der Waals surface area contributed by atoms with Crippen LogP contribution in [-0.2, 0) is 9.53 Å². The maximum absolute atomic E-state index is 11.6. The number of urea groups is 1. The molecule has 2 unspecified atom stereocenters. The molecule has 0 radical (unpaired) electrons. The van der Waals surface area contributed by atoms with Crippen LogP contribution in [0.3, 0.4) is 0 Å². The van der Waals surface area contributed by atoms with Crippen molar-refractivity contribution in [1.82, 2.24) is 10.6 Å². The third-order valence-electron chi connectivity index (χ3n) is 3.07. The maximum Gasteiger partial charge on any atom is 0.326 e. The predicted molar refractivity (Wildman–Crippen MR) is 71.0 cm³/mol. The van der Waals surface area contributed by atoms with Crippen LogP contribution in [0.25, 0.3) is 0 Å². The topological polar surface area (TPSA) is 87.7 Å². The van der Waals surface area contributed by atoms with E-state index in [1.807, 2.05) is 13.8 Å². The van der Waals surface area contributed by atoms with Crippen molar-refractivity contribution in [3.63, 3.8) is 0 Å². The fourth-order valence-electron chi connectivity index (χ4n) is 2.08. The van der Waals surface area contributed by atoms with Gasteiger partial charge in [-0.05, 0) is 31.6 Å². The average Bonchev–Trinajstić information content (AvgIpc) is 2.36. The van der Waals surface area contributed by atoms with E-state index in [9.17, 15) is 9.59 Å². The van der Waals surface area contributed by atoms with Crippen molar-refractivity contribution in [1.29, 1.82) is 0 Å². The van der Waals surface area contributed by atoms with Gasteiger partial charge in [-0.1, -0.05) is 13.8 Å². The summed E-state index contributed by atoms with van der Waals surface area (Å²) < 4.78 is 5.49. The molecule has 1 fully saturated rings. The van der Waals surface area contributed by atoms with Crippen LogP contribution in [-0.4, -0.2) is 42.4 Å². The van der Waals surface area contributed by atoms with Gasteiger partial charge in [-0.15, -0.1) is 0 Å². The molecule has 1 heterocycles. The Balaban J connectivity index is 2.29. The quantitative estimate of drug-likeness (QED) is 0.681. The standard InChI is InChI=1S/C13H24N2O4/c1-9(2)7-11(12(16)17)15-13(18)14-8-10-5-3-4-6-19-10/h9-11H,3-8H2,1-2H3,(H,16,17)(H2,14,15,18). The molecule has 0 aromatic heterocycles. The summed E-state index contributed by atoms with van der Waals surface area (Å²) in [5.41, 5.74) is 0. The van der Waals surface area contributed by atoms with Crippen molar-refractivity contribution in [2.24, 2.45) is 5.92 Å². The van der Waals surface area contributed by atoms with Gasteiger partial charge in [0, 0.05) is 13.2 Å². The highest BCUT2D eigenvalue weighted by Gasteiger charge is 2.21. The number of carboxylic acid groups (broad SMARTS) is 1. The first-order chi connectivity index (χ1) is 8.99. The molecule has 6 nitrogen and oxygen atoms in total. The van der Waals surface area contributed by atoms with Gasteiger partial charge < -0.3 is 20.5 Å². The molecule has 0 aromatic carbocycles. The number of carboxylic acids is 1. The average molecular weight is 272 g/mol. The lowest BCUT2D eigenvalue weighted by molar-refractivity contribution is -0.139. The molecule has 6 heteroatoms. The van der Waals surface area contributed by atoms with E-state index < -0.39 is 18.0 Å². The molecular weight excluding hydrogens is 248 g/mol. The summed E-state index contributed by atoms with van der Waals surface area (Å²) in [4.78, 5) is 22.7. The Bertz CT molecular complexity index is 301. The third kappa shape index (κ3) is 6.42. The second-order valence-corrected chi connectivity index (χ2v) is 5.36. The first-order valence-corrected chi connectivity index (χ1v) is 6.87. The minimum absolute atomic E-state index is 0.0490. The molecule has 1 aliphatic rings. The summed E-state index contributed by atoms with van der Waals surface area (Å²) in [7, 11) is 0. The predicted octanol–water partition coefficient (Wildman–Crippen LogP) is 1.35. The van der Waals surface area contributed by atoms with Crippen molar-refractivity contribution in [3.05, 3.63) is 0 Å². The molecule has 19 heavy (non-hydrogen) atoms. The summed E-state index contributed by atoms with van der Waals surface area (Å²) in [6, 6.07) is -1.28. The van der Waals surface area contributed by atoms with Gasteiger partial charge in [0.05, 0.1) is 6.10 Å². The number of carbonyl (C=O) groups is 2. The van der Waals surface area contributed by atoms with Gasteiger partial charge in [0.25, 0.3) is 0 Å². The van der Waals surface area contributed by atoms with E-state index in [1.165, 1.54) is 0 Å². The third-order valence-corrected chi connectivity index (χ3v) is 3.07. The molecule has 2 amide bonds. The lowest BCUT2D eigenvalue weighted by atomic mass is 10.0. The van der Waals surface area contributed by atoms with E-state index in [2.05, 4.69) is 10.6 Å². The Kier molecular flexibility index (Phi) is 6.62. The monoisotopic (exact) mass is 272 g/mol. The number of ether oxygens (including phenoxy) is 1. The van der Waals surface area contributed by atoms with Crippen molar-refractivity contribution in [2.75, 3.05) is 13.2 Å². The summed E-state index contributed by atoms with van der Waals surface area (Å²) >= 11 is 0. The van der Waals surface area contributed by atoms with Crippen LogP contribution in [0.2, 0.25) is 0 Å². The minimum Gasteiger partial charge on any atom is -0.480 e. The Hall–Kier alpha value is -1.30. The first-order valence-electron chi connectivity index (χ1n) is 6.87. The molecule has 0 bridgehead atoms. The van der Waals surface area contributed by atoms with Crippen LogP contribution in [0.5, 0.6) is 0 Å². The lowest BCUT2D eigenvalue weighted by Gasteiger charge is -2.23. The normalized spacial score (nSPS) is 20.9. The van der Waals surface area contributed by atoms with Crippen LogP contribution >= 0.6 is 0 Å². The van der Waals surface area contributed by atoms with Gasteiger partial charge in [0.2, 0.25) is 0 Å². The first kappa shape index (κ1) is 15.8. The Morgan fingerprint density at radius 3 is 2.63 bits per heavy atom. The van der Waals surface area contributed by atoms with Crippen molar-refractivity contribution in [2.45, 2.75) is 51.7 Å². The number of amides is 2. The summed E-state index contributed by atoms with van der Waals surface area (Å²) in [6.45, 7) is 5.01. The summed E-state index contributed by atoms with van der Waals surface area (Å²) in [6.07, 6.45) is 3.59. The number of hydrogen-bond donors (Lipinski definition) is 3. The van der Waals surface area contributed by atoms with Crippen molar-refractivity contribution < 1.29 is 19.4 Å². The largest absolute Gasteiger partial charge is 0.480 e. The van der Waals surface area contributed by atoms with E-state index >= 15 is 0 Å². The molecule has 0 spiro atoms. The summed E-state index contributed by atoms with van der Waals surface area (Å²) in [5.74, 6) is -0.791. The Morgan fingerprint density at radius 1 is 1.37 bits per heavy atom. The fourth-order valence-corrected chi connectivity index (χ4v) is 2.08. The second-order valence-electron chi connectivity index (χ2n) is 5.36. The van der Waals surface area contributed by atoms with Crippen LogP contribution in [0, 0.1) is 5.92 Å². The smallest absolute Gasteiger partial charge is 0.326 e. The van der Waals surface area contributed by atoms with Crippen molar-refractivity contribution in [3.8, 4) is 0 Å². The van der Waals surface area contributed by atoms with Gasteiger partial charge in [-0.2, -0.15) is 0 Å². The molecule has 110 valence electrons. The van der Waals surface area contributed by atoms with E-state index in [1.54, 1.807) is 0 Å². The Morgan fingerprint density at radius 2 is 2.11 bits per heavy atom. The van der Waals surface area contributed by atoms with E-state index in [-0.39, 0.29) is 12.0 Å². The zero-order valence-electron chi connectivity index (χ0n) is 11.6. The zero-order chi connectivity index (χ0) is 14.3. The zero-order valence-corrected chi connectivity index (χ0v) is 11.6. The van der Waals surface area contributed by atoms with Gasteiger partial charge in [-0.25, -0.2) is 9.59 Å². The number of hydrogen-bond acceptors (Lipinski definition) is 3. The lowest BCUT2D eigenvalue weighted by Crippen LogP contribution is -2.48. The van der Waals surface area contributed by atoms with E-state index in [0.717, 1.165) is 25.9 Å². The summed E-state index contributed by atoms with van der Waals surface area (Å²) in [5, 5.41) is 14.2. The number of aliphatic carboxylic acids is 1. The van der Waals surface area contributed by atoms with Gasteiger partial charge in [0.15, 0.2) is 0 Å². The van der Waals surface area contributed by atoms with Gasteiger partial charge >= 0.3 is 12.0 Å². The van der Waals surface area contributed by atoms with Crippen LogP contribution in [0.15, 0.2) is 0 Å². The molecule has 3 N–H and O–H groups in total. The van der Waals surface area contributed by atoms with Crippen LogP contribution in [0.1, 0.15) is 39.5 Å². The van der Waals surface area contributed by atoms with Crippen molar-refractivity contribution >= 4 is 12.0 Å². The second kappa shape index (κ2) is 7.99. The fraction of sp³-hybridized carbons (Fsp3) is 0.846. The Labute approximate surface area is 113 Å². The highest BCUT2D eigenvalue weighted by atomic mass is 16.5. The number of nitrogens with one attached hydrogen (secondary N) is 2. The molecule has 1 rings (SSSR count). The molecule has 1 aliphatic heterocycles. The molecule has 0 aromatic rings. The molecular formula is C13H24N2O4. The molecule has 0 saturated carbocycles.